The summed E-state index contributed by atoms with van der Waals surface area (Å²) in [6, 6.07) is 10.9. The molecule has 0 bridgehead atoms. The van der Waals surface area contributed by atoms with Gasteiger partial charge in [-0.1, -0.05) is 16.8 Å². The number of methoxy groups -OCH3 is 2. The summed E-state index contributed by atoms with van der Waals surface area (Å²) in [5.41, 5.74) is 2.51. The molecule has 4 rings (SSSR count). The van der Waals surface area contributed by atoms with Crippen molar-refractivity contribution in [3.8, 4) is 22.9 Å². The molecule has 1 aliphatic heterocycles. The minimum Gasteiger partial charge on any atom is -0.493 e. The Morgan fingerprint density at radius 3 is 2.79 bits per heavy atom. The predicted octanol–water partition coefficient (Wildman–Crippen LogP) is 4.57. The van der Waals surface area contributed by atoms with Gasteiger partial charge in [0.2, 0.25) is 17.6 Å². The molecule has 0 aliphatic carbocycles. The Bertz CT molecular complexity index is 1130. The molecular weight excluding hydrogens is 444 g/mol. The third-order valence-corrected chi connectivity index (χ3v) is 6.03. The van der Waals surface area contributed by atoms with Gasteiger partial charge in [0.15, 0.2) is 11.5 Å². The van der Waals surface area contributed by atoms with E-state index in [4.69, 9.17) is 25.6 Å². The number of benzene rings is 2. The number of rotatable bonds is 7. The zero-order valence-corrected chi connectivity index (χ0v) is 19.7. The van der Waals surface area contributed by atoms with Crippen molar-refractivity contribution in [1.82, 2.24) is 15.0 Å². The topological polar surface area (TPSA) is 89.7 Å². The van der Waals surface area contributed by atoms with Crippen LogP contribution in [0.5, 0.6) is 11.5 Å². The summed E-state index contributed by atoms with van der Waals surface area (Å²) in [6.07, 6.45) is 1.77. The number of piperidine rings is 1. The fourth-order valence-electron chi connectivity index (χ4n) is 4.02. The van der Waals surface area contributed by atoms with Gasteiger partial charge < -0.3 is 19.3 Å². The maximum Gasteiger partial charge on any atom is 0.241 e. The van der Waals surface area contributed by atoms with Crippen molar-refractivity contribution in [3.05, 3.63) is 52.9 Å². The van der Waals surface area contributed by atoms with Crippen LogP contribution in [0.2, 0.25) is 5.02 Å². The lowest BCUT2D eigenvalue weighted by Crippen LogP contribution is -2.40. The van der Waals surface area contributed by atoms with Crippen molar-refractivity contribution in [2.45, 2.75) is 26.3 Å². The van der Waals surface area contributed by atoms with Gasteiger partial charge in [-0.2, -0.15) is 4.98 Å². The molecule has 33 heavy (non-hydrogen) atoms. The van der Waals surface area contributed by atoms with Gasteiger partial charge in [-0.15, -0.1) is 0 Å². The molecule has 1 atom stereocenters. The molecule has 2 heterocycles. The summed E-state index contributed by atoms with van der Waals surface area (Å²) < 4.78 is 16.1. The van der Waals surface area contributed by atoms with Crippen LogP contribution in [0.15, 0.2) is 40.9 Å². The number of carbonyl (C=O) groups is 1. The van der Waals surface area contributed by atoms with Gasteiger partial charge in [0.25, 0.3) is 0 Å². The van der Waals surface area contributed by atoms with Gasteiger partial charge >= 0.3 is 0 Å². The highest BCUT2D eigenvalue weighted by molar-refractivity contribution is 6.30. The van der Waals surface area contributed by atoms with Gasteiger partial charge in [-0.25, -0.2) is 0 Å². The number of ether oxygens (including phenoxy) is 2. The zero-order chi connectivity index (χ0) is 23.4. The van der Waals surface area contributed by atoms with Gasteiger partial charge in [-0.3, -0.25) is 9.69 Å². The van der Waals surface area contributed by atoms with Gasteiger partial charge in [0.05, 0.1) is 26.7 Å². The van der Waals surface area contributed by atoms with Crippen LogP contribution >= 0.6 is 11.6 Å². The number of likely N-dealkylation sites (tertiary alicyclic amines) is 1. The summed E-state index contributed by atoms with van der Waals surface area (Å²) in [5, 5.41) is 7.80. The van der Waals surface area contributed by atoms with Crippen molar-refractivity contribution >= 4 is 23.2 Å². The number of nitrogens with one attached hydrogen (secondary N) is 1. The molecule has 1 saturated heterocycles. The molecule has 1 unspecified atom stereocenters. The summed E-state index contributed by atoms with van der Waals surface area (Å²) in [7, 11) is 3.17. The lowest BCUT2D eigenvalue weighted by molar-refractivity contribution is -0.121. The molecule has 1 N–H and O–H groups in total. The van der Waals surface area contributed by atoms with E-state index in [2.05, 4.69) is 20.4 Å². The van der Waals surface area contributed by atoms with Crippen molar-refractivity contribution < 1.29 is 18.8 Å². The Balaban J connectivity index is 1.39. The first kappa shape index (κ1) is 23.1. The van der Waals surface area contributed by atoms with Crippen LogP contribution in [0.1, 0.15) is 24.3 Å². The lowest BCUT2D eigenvalue weighted by atomic mass is 9.97. The SMILES string of the molecule is COc1ccc(-c2noc(CN3CCCC(C(=O)Nc4ccc(Cl)cc4C)C3)n2)cc1OC. The van der Waals surface area contributed by atoms with Gasteiger partial charge in [0, 0.05) is 22.8 Å². The van der Waals surface area contributed by atoms with Crippen LogP contribution in [-0.4, -0.2) is 48.3 Å². The Kier molecular flexibility index (Phi) is 7.15. The third kappa shape index (κ3) is 5.46. The molecular formula is C24H27ClN4O4. The molecule has 1 fully saturated rings. The number of hydrogen-bond donors (Lipinski definition) is 1. The number of carbonyl (C=O) groups excluding carboxylic acids is 1. The van der Waals surface area contributed by atoms with Crippen molar-refractivity contribution in [1.29, 1.82) is 0 Å². The molecule has 3 aromatic rings. The standard InChI is InChI=1S/C24H27ClN4O4/c1-15-11-18(25)7-8-19(15)26-24(30)17-5-4-10-29(13-17)14-22-27-23(28-33-22)16-6-9-20(31-2)21(12-16)32-3/h6-9,11-12,17H,4-5,10,13-14H2,1-3H3,(H,26,30). The average Bonchev–Trinajstić information content (AvgIpc) is 3.29. The van der Waals surface area contributed by atoms with E-state index in [9.17, 15) is 4.79 Å². The molecule has 9 heteroatoms. The van der Waals surface area contributed by atoms with Crippen molar-refractivity contribution in [2.24, 2.45) is 5.92 Å². The molecule has 0 spiro atoms. The largest absolute Gasteiger partial charge is 0.493 e. The van der Waals surface area contributed by atoms with E-state index in [1.165, 1.54) is 0 Å². The van der Waals surface area contributed by atoms with E-state index in [1.54, 1.807) is 26.4 Å². The molecule has 0 radical (unpaired) electrons. The van der Waals surface area contributed by atoms with Crippen molar-refractivity contribution in [3.63, 3.8) is 0 Å². The molecule has 1 aromatic heterocycles. The first-order chi connectivity index (χ1) is 16.0. The second-order valence-electron chi connectivity index (χ2n) is 8.10. The minimum atomic E-state index is -0.109. The number of amides is 1. The Morgan fingerprint density at radius 1 is 1.21 bits per heavy atom. The quantitative estimate of drug-likeness (QED) is 0.541. The van der Waals surface area contributed by atoms with Crippen molar-refractivity contribution in [2.75, 3.05) is 32.6 Å². The lowest BCUT2D eigenvalue weighted by Gasteiger charge is -2.31. The number of hydrogen-bond acceptors (Lipinski definition) is 7. The Labute approximate surface area is 197 Å². The first-order valence-electron chi connectivity index (χ1n) is 10.8. The predicted molar refractivity (Wildman–Crippen MR) is 126 cm³/mol. The van der Waals surface area contributed by atoms with Crippen LogP contribution in [0.4, 0.5) is 5.69 Å². The Morgan fingerprint density at radius 2 is 2.03 bits per heavy atom. The maximum atomic E-state index is 12.9. The zero-order valence-electron chi connectivity index (χ0n) is 18.9. The summed E-state index contributed by atoms with van der Waals surface area (Å²) in [5.74, 6) is 2.13. The normalized spacial score (nSPS) is 16.4. The smallest absolute Gasteiger partial charge is 0.241 e. The van der Waals surface area contributed by atoms with Gasteiger partial charge in [0.1, 0.15) is 0 Å². The van der Waals surface area contributed by atoms with E-state index in [1.807, 2.05) is 31.2 Å². The van der Waals surface area contributed by atoms with Crippen LogP contribution in [-0.2, 0) is 11.3 Å². The summed E-state index contributed by atoms with van der Waals surface area (Å²) in [4.78, 5) is 19.6. The molecule has 0 saturated carbocycles. The van der Waals surface area contributed by atoms with Crippen LogP contribution < -0.4 is 14.8 Å². The highest BCUT2D eigenvalue weighted by atomic mass is 35.5. The second-order valence-corrected chi connectivity index (χ2v) is 8.54. The van der Waals surface area contributed by atoms with Gasteiger partial charge in [-0.05, 0) is 68.3 Å². The number of anilines is 1. The molecule has 8 nitrogen and oxygen atoms in total. The number of halogens is 1. The summed E-state index contributed by atoms with van der Waals surface area (Å²) >= 11 is 6.02. The molecule has 174 valence electrons. The van der Waals surface area contributed by atoms with E-state index >= 15 is 0 Å². The average molecular weight is 471 g/mol. The van der Waals surface area contributed by atoms with E-state index in [-0.39, 0.29) is 11.8 Å². The van der Waals surface area contributed by atoms with Crippen LogP contribution in [0, 0.1) is 12.8 Å². The molecule has 2 aromatic carbocycles. The Hall–Kier alpha value is -3.10. The fourth-order valence-corrected chi connectivity index (χ4v) is 4.24. The van der Waals surface area contributed by atoms with E-state index < -0.39 is 0 Å². The summed E-state index contributed by atoms with van der Waals surface area (Å²) in [6.45, 7) is 3.93. The second kappa shape index (κ2) is 10.2. The van der Waals surface area contributed by atoms with E-state index in [0.29, 0.717) is 41.3 Å². The highest BCUT2D eigenvalue weighted by Gasteiger charge is 2.27. The number of aryl methyl sites for hydroxylation is 1. The third-order valence-electron chi connectivity index (χ3n) is 5.79. The first-order valence-corrected chi connectivity index (χ1v) is 11.2. The highest BCUT2D eigenvalue weighted by Crippen LogP contribution is 2.31. The minimum absolute atomic E-state index is 0.0154. The fraction of sp³-hybridized carbons (Fsp3) is 0.375. The molecule has 1 amide bonds. The van der Waals surface area contributed by atoms with Crippen LogP contribution in [0.25, 0.3) is 11.4 Å². The maximum absolute atomic E-state index is 12.9. The monoisotopic (exact) mass is 470 g/mol. The molecule has 1 aliphatic rings. The number of aromatic nitrogens is 2. The van der Waals surface area contributed by atoms with E-state index in [0.717, 1.165) is 36.2 Å². The van der Waals surface area contributed by atoms with Crippen LogP contribution in [0.3, 0.4) is 0 Å². The number of nitrogens with zero attached hydrogens (tertiary/aromatic N) is 3.